The number of hydrogen-bond acceptors (Lipinski definition) is 10. The van der Waals surface area contributed by atoms with E-state index in [1.807, 2.05) is 135 Å². The molecule has 0 saturated carbocycles. The molecule has 0 unspecified atom stereocenters. The molecule has 6 rings (SSSR count). The molecular formula is C54H68N4O10. The van der Waals surface area contributed by atoms with E-state index in [-0.39, 0.29) is 25.0 Å². The topological polar surface area (TPSA) is 170 Å². The summed E-state index contributed by atoms with van der Waals surface area (Å²) < 4.78 is 21.5. The van der Waals surface area contributed by atoms with E-state index >= 15 is 0 Å². The molecule has 14 heteroatoms. The minimum Gasteiger partial charge on any atom is -0.447 e. The van der Waals surface area contributed by atoms with Crippen LogP contribution in [0, 0.1) is 11.8 Å². The van der Waals surface area contributed by atoms with Gasteiger partial charge in [0, 0.05) is 0 Å². The minimum atomic E-state index is -0.685. The van der Waals surface area contributed by atoms with Crippen molar-refractivity contribution in [3.8, 4) is 0 Å². The van der Waals surface area contributed by atoms with Gasteiger partial charge in [0.05, 0.1) is 36.0 Å². The molecule has 0 aliphatic carbocycles. The molecule has 4 aromatic rings. The third-order valence-electron chi connectivity index (χ3n) is 11.3. The lowest BCUT2D eigenvalue weighted by Crippen LogP contribution is -2.48. The molecule has 0 radical (unpaired) electrons. The number of alkyl carbamates (subject to hydrolysis) is 2. The molecule has 2 saturated heterocycles. The number of benzene rings is 4. The molecule has 2 aliphatic rings. The first kappa shape index (κ1) is 52.3. The maximum Gasteiger partial charge on any atom is 0.416 e. The fourth-order valence-corrected chi connectivity index (χ4v) is 8.40. The number of carbonyl (C=O) groups is 6. The first-order valence-corrected chi connectivity index (χ1v) is 23.5. The highest BCUT2D eigenvalue weighted by molar-refractivity contribution is 5.96. The van der Waals surface area contributed by atoms with Crippen molar-refractivity contribution in [2.75, 3.05) is 13.2 Å². The van der Waals surface area contributed by atoms with E-state index in [0.717, 1.165) is 22.3 Å². The minimum absolute atomic E-state index is 0.147. The Morgan fingerprint density at radius 1 is 0.544 bits per heavy atom. The number of ether oxygens (including phenoxy) is 4. The Bertz CT molecular complexity index is 2100. The van der Waals surface area contributed by atoms with Gasteiger partial charge < -0.3 is 29.6 Å². The molecule has 6 atom stereocenters. The van der Waals surface area contributed by atoms with Crippen molar-refractivity contribution in [1.29, 1.82) is 0 Å². The van der Waals surface area contributed by atoms with Crippen LogP contribution < -0.4 is 10.6 Å². The smallest absolute Gasteiger partial charge is 0.416 e. The molecular weight excluding hydrogens is 865 g/mol. The summed E-state index contributed by atoms with van der Waals surface area (Å²) in [5.74, 6) is -2.03. The van der Waals surface area contributed by atoms with E-state index < -0.39 is 71.6 Å². The summed E-state index contributed by atoms with van der Waals surface area (Å²) in [4.78, 5) is 81.0. The quantitative estimate of drug-likeness (QED) is 0.103. The van der Waals surface area contributed by atoms with E-state index in [1.165, 1.54) is 9.80 Å². The van der Waals surface area contributed by atoms with Gasteiger partial charge in [0.1, 0.15) is 24.4 Å². The lowest BCUT2D eigenvalue weighted by atomic mass is 9.87. The van der Waals surface area contributed by atoms with Crippen LogP contribution in [0.3, 0.4) is 0 Å². The van der Waals surface area contributed by atoms with Crippen LogP contribution in [-0.2, 0) is 41.4 Å². The summed E-state index contributed by atoms with van der Waals surface area (Å²) in [7, 11) is 0. The highest BCUT2D eigenvalue weighted by Gasteiger charge is 2.45. The van der Waals surface area contributed by atoms with Crippen molar-refractivity contribution < 1.29 is 47.7 Å². The van der Waals surface area contributed by atoms with E-state index in [1.54, 1.807) is 41.5 Å². The van der Waals surface area contributed by atoms with Gasteiger partial charge in [-0.3, -0.25) is 9.59 Å². The van der Waals surface area contributed by atoms with Crippen LogP contribution >= 0.6 is 0 Å². The molecule has 14 nitrogen and oxygen atoms in total. The first-order chi connectivity index (χ1) is 32.4. The zero-order valence-electron chi connectivity index (χ0n) is 40.6. The fourth-order valence-electron chi connectivity index (χ4n) is 8.40. The number of rotatable bonds is 16. The van der Waals surface area contributed by atoms with Crippen LogP contribution in [0.4, 0.5) is 19.2 Å². The normalized spacial score (nSPS) is 17.6. The Labute approximate surface area is 401 Å². The van der Waals surface area contributed by atoms with Gasteiger partial charge in [0.25, 0.3) is 0 Å². The van der Waals surface area contributed by atoms with Gasteiger partial charge >= 0.3 is 24.4 Å². The Hall–Kier alpha value is -6.70. The van der Waals surface area contributed by atoms with Gasteiger partial charge in [-0.1, -0.05) is 148 Å². The lowest BCUT2D eigenvalue weighted by Gasteiger charge is -2.32. The van der Waals surface area contributed by atoms with Crippen LogP contribution in [0.1, 0.15) is 115 Å². The van der Waals surface area contributed by atoms with Gasteiger partial charge in [-0.2, -0.15) is 0 Å². The van der Waals surface area contributed by atoms with Crippen molar-refractivity contribution in [2.24, 2.45) is 11.8 Å². The molecule has 2 fully saturated rings. The van der Waals surface area contributed by atoms with E-state index in [4.69, 9.17) is 18.9 Å². The van der Waals surface area contributed by atoms with Gasteiger partial charge in [-0.15, -0.1) is 0 Å². The summed E-state index contributed by atoms with van der Waals surface area (Å²) in [6, 6.07) is 35.9. The Morgan fingerprint density at radius 3 is 1.15 bits per heavy atom. The van der Waals surface area contributed by atoms with Crippen LogP contribution in [0.25, 0.3) is 0 Å². The first-order valence-electron chi connectivity index (χ1n) is 23.5. The molecule has 2 aliphatic heterocycles. The van der Waals surface area contributed by atoms with Gasteiger partial charge in [0.15, 0.2) is 0 Å². The predicted octanol–water partition coefficient (Wildman–Crippen LogP) is 10.5. The third kappa shape index (κ3) is 15.2. The highest BCUT2D eigenvalue weighted by atomic mass is 16.6. The molecule has 6 amide bonds. The molecule has 364 valence electrons. The van der Waals surface area contributed by atoms with E-state index in [0.29, 0.717) is 38.5 Å². The van der Waals surface area contributed by atoms with Crippen molar-refractivity contribution in [2.45, 2.75) is 129 Å². The SMILES string of the molecule is CCC[C@@H](C(=O)N1C(=O)OC[C@@H]1Cc1ccccc1)[C@@H](NC(=O)OC(C)(C)C)c1ccccc1.CCC[C@@H](C(=O)N1C(=O)OC[C@@H]1Cc1ccccc1)[C@@H](NC(=O)OC(C)(C)C)c1ccccc1. The summed E-state index contributed by atoms with van der Waals surface area (Å²) in [5.41, 5.74) is 2.20. The van der Waals surface area contributed by atoms with Crippen LogP contribution in [0.2, 0.25) is 0 Å². The standard InChI is InChI=1S/2C27H34N2O5/c2*1-5-12-22(23(20-15-10-7-11-16-20)28-25(31)34-27(2,3)4)24(30)29-21(18-33-26(29)32)17-19-13-8-6-9-14-19/h2*6-11,13-16,21-23H,5,12,17-18H2,1-4H3,(H,28,31)/t2*21-,22+,23-/m00/s1. The van der Waals surface area contributed by atoms with Crippen molar-refractivity contribution in [3.63, 3.8) is 0 Å². The molecule has 68 heavy (non-hydrogen) atoms. The Kier molecular flexibility index (Phi) is 18.7. The summed E-state index contributed by atoms with van der Waals surface area (Å²) >= 11 is 0. The second-order valence-electron chi connectivity index (χ2n) is 19.1. The van der Waals surface area contributed by atoms with Crippen molar-refractivity contribution in [1.82, 2.24) is 20.4 Å². The fraction of sp³-hybridized carbons (Fsp3) is 0.444. The zero-order chi connectivity index (χ0) is 49.4. The van der Waals surface area contributed by atoms with Crippen LogP contribution in [0.5, 0.6) is 0 Å². The lowest BCUT2D eigenvalue weighted by molar-refractivity contribution is -0.135. The molecule has 0 aromatic heterocycles. The number of cyclic esters (lactones) is 2. The third-order valence-corrected chi connectivity index (χ3v) is 11.3. The largest absolute Gasteiger partial charge is 0.447 e. The number of nitrogens with zero attached hydrogens (tertiary/aromatic N) is 2. The van der Waals surface area contributed by atoms with Crippen LogP contribution in [0.15, 0.2) is 121 Å². The Morgan fingerprint density at radius 2 is 0.853 bits per heavy atom. The average molecular weight is 933 g/mol. The Balaban J connectivity index is 0.000000254. The molecule has 2 N–H and O–H groups in total. The number of imide groups is 2. The number of nitrogens with one attached hydrogen (secondary N) is 2. The summed E-state index contributed by atoms with van der Waals surface area (Å²) in [6.45, 7) is 14.9. The second kappa shape index (κ2) is 24.4. The van der Waals surface area contributed by atoms with Crippen molar-refractivity contribution >= 4 is 36.2 Å². The molecule has 0 bridgehead atoms. The number of hydrogen-bond donors (Lipinski definition) is 2. The van der Waals surface area contributed by atoms with Gasteiger partial charge in [-0.25, -0.2) is 29.0 Å². The molecule has 4 aromatic carbocycles. The maximum absolute atomic E-state index is 13.9. The van der Waals surface area contributed by atoms with Crippen LogP contribution in [-0.4, -0.2) is 82.5 Å². The maximum atomic E-state index is 13.9. The van der Waals surface area contributed by atoms with Gasteiger partial charge in [-0.05, 0) is 89.5 Å². The second-order valence-corrected chi connectivity index (χ2v) is 19.1. The van der Waals surface area contributed by atoms with E-state index in [2.05, 4.69) is 10.6 Å². The van der Waals surface area contributed by atoms with Crippen molar-refractivity contribution in [3.05, 3.63) is 144 Å². The predicted molar refractivity (Wildman–Crippen MR) is 258 cm³/mol. The molecule has 2 heterocycles. The summed E-state index contributed by atoms with van der Waals surface area (Å²) in [5, 5.41) is 5.80. The number of amides is 6. The monoisotopic (exact) mass is 932 g/mol. The van der Waals surface area contributed by atoms with Gasteiger partial charge in [0.2, 0.25) is 11.8 Å². The molecule has 0 spiro atoms. The average Bonchev–Trinajstić information content (AvgIpc) is 3.85. The van der Waals surface area contributed by atoms with E-state index in [9.17, 15) is 28.8 Å². The zero-order valence-corrected chi connectivity index (χ0v) is 40.6. The highest BCUT2D eigenvalue weighted by Crippen LogP contribution is 2.33. The summed E-state index contributed by atoms with van der Waals surface area (Å²) in [6.07, 6.45) is 0.863. The number of carbonyl (C=O) groups excluding carboxylic acids is 6.